The van der Waals surface area contributed by atoms with E-state index in [1.165, 1.54) is 0 Å². The second-order valence-electron chi connectivity index (χ2n) is 9.12. The first-order valence-corrected chi connectivity index (χ1v) is 8.22. The summed E-state index contributed by atoms with van der Waals surface area (Å²) in [6.45, 7) is 15.2. The monoisotopic (exact) mass is 256 g/mol. The molecule has 0 heteroatoms. The maximum absolute atomic E-state index is 3.51. The van der Waals surface area contributed by atoms with Crippen LogP contribution in [0.4, 0.5) is 0 Å². The summed E-state index contributed by atoms with van der Waals surface area (Å²) in [5.41, 5.74) is 4.53. The molecule has 0 aromatic rings. The molecule has 104 valence electrons. The third-order valence-corrected chi connectivity index (χ3v) is 8.05. The zero-order chi connectivity index (χ0) is 13.7. The molecule has 0 amide bonds. The van der Waals surface area contributed by atoms with E-state index in [2.05, 4.69) is 59.4 Å². The highest BCUT2D eigenvalue weighted by atomic mass is 14.8. The summed E-state index contributed by atoms with van der Waals surface area (Å²) < 4.78 is 0. The summed E-state index contributed by atoms with van der Waals surface area (Å²) in [6, 6.07) is 0. The van der Waals surface area contributed by atoms with E-state index in [1.54, 1.807) is 0 Å². The van der Waals surface area contributed by atoms with Crippen LogP contribution >= 0.6 is 0 Å². The molecule has 0 aromatic carbocycles. The highest BCUT2D eigenvalue weighted by Crippen LogP contribution is 2.77. The minimum absolute atomic E-state index is 0.470. The Morgan fingerprint density at radius 2 is 1.16 bits per heavy atom. The smallest absolute Gasteiger partial charge is 0.00660 e. The summed E-state index contributed by atoms with van der Waals surface area (Å²) in [5, 5.41) is 0. The third kappa shape index (κ3) is 1.12. The minimum Gasteiger partial charge on any atom is -0.129 e. The van der Waals surface area contributed by atoms with Crippen molar-refractivity contribution < 1.29 is 0 Å². The molecule has 8 atom stereocenters. The van der Waals surface area contributed by atoms with Crippen LogP contribution in [0.25, 0.3) is 0 Å². The molecule has 4 aliphatic carbocycles. The summed E-state index contributed by atoms with van der Waals surface area (Å²) in [6.07, 6.45) is 4.85. The summed E-state index contributed by atoms with van der Waals surface area (Å²) >= 11 is 0. The molecule has 4 aliphatic rings. The topological polar surface area (TPSA) is 0 Å². The summed E-state index contributed by atoms with van der Waals surface area (Å²) in [5.74, 6) is 7.07. The standard InChI is InChI=1S/C19H28/c1-10-11(2)17-15-13-9-7-8-12(18(13,3)4)14(15)16(10)19(17,5)6/h8-17H,1-6H3. The molecule has 0 nitrogen and oxygen atoms in total. The van der Waals surface area contributed by atoms with E-state index in [1.807, 2.05) is 0 Å². The molecular formula is C19H28. The van der Waals surface area contributed by atoms with Crippen LogP contribution < -0.4 is 0 Å². The molecule has 4 bridgehead atoms. The zero-order valence-corrected chi connectivity index (χ0v) is 13.3. The van der Waals surface area contributed by atoms with Crippen molar-refractivity contribution in [2.45, 2.75) is 41.5 Å². The second-order valence-corrected chi connectivity index (χ2v) is 9.12. The molecule has 8 unspecified atom stereocenters. The molecule has 0 aliphatic heterocycles. The van der Waals surface area contributed by atoms with Crippen LogP contribution in [0, 0.1) is 58.2 Å². The van der Waals surface area contributed by atoms with Crippen LogP contribution in [0.5, 0.6) is 0 Å². The molecule has 19 heavy (non-hydrogen) atoms. The van der Waals surface area contributed by atoms with E-state index in [0.29, 0.717) is 10.8 Å². The molecule has 4 rings (SSSR count). The van der Waals surface area contributed by atoms with Gasteiger partial charge in [-0.3, -0.25) is 0 Å². The van der Waals surface area contributed by atoms with Crippen molar-refractivity contribution in [2.24, 2.45) is 58.2 Å². The van der Waals surface area contributed by atoms with E-state index in [0.717, 1.165) is 47.3 Å². The van der Waals surface area contributed by atoms with Gasteiger partial charge in [0.25, 0.3) is 0 Å². The van der Waals surface area contributed by atoms with Crippen LogP contribution in [-0.4, -0.2) is 0 Å². The molecule has 0 radical (unpaired) electrons. The molecule has 0 aromatic heterocycles. The van der Waals surface area contributed by atoms with Gasteiger partial charge in [-0.2, -0.15) is 0 Å². The first-order valence-electron chi connectivity index (χ1n) is 8.22. The fourth-order valence-corrected chi connectivity index (χ4v) is 7.46. The number of fused-ring (bicyclic) bond motifs is 9. The Morgan fingerprint density at radius 1 is 0.737 bits per heavy atom. The van der Waals surface area contributed by atoms with Crippen molar-refractivity contribution in [3.05, 3.63) is 17.9 Å². The summed E-state index contributed by atoms with van der Waals surface area (Å²) in [7, 11) is 0. The Labute approximate surface area is 118 Å². The van der Waals surface area contributed by atoms with Gasteiger partial charge in [0.05, 0.1) is 0 Å². The number of allylic oxidation sites excluding steroid dienone is 1. The lowest BCUT2D eigenvalue weighted by molar-refractivity contribution is 0.115. The molecule has 0 heterocycles. The summed E-state index contributed by atoms with van der Waals surface area (Å²) in [4.78, 5) is 0. The van der Waals surface area contributed by atoms with Gasteiger partial charge in [0, 0.05) is 0 Å². The SMILES string of the molecule is CC1C(C)C2C3C(C4C=C=CC3C4(C)C)C1C2(C)C. The predicted molar refractivity (Wildman–Crippen MR) is 79.5 cm³/mol. The average molecular weight is 256 g/mol. The Hall–Kier alpha value is -0.480. The van der Waals surface area contributed by atoms with Gasteiger partial charge in [-0.15, -0.1) is 5.73 Å². The second kappa shape index (κ2) is 3.22. The van der Waals surface area contributed by atoms with Crippen LogP contribution in [0.2, 0.25) is 0 Å². The fourth-order valence-electron chi connectivity index (χ4n) is 7.46. The van der Waals surface area contributed by atoms with Gasteiger partial charge in [-0.05, 0) is 70.3 Å². The predicted octanol–water partition coefficient (Wildman–Crippen LogP) is 4.77. The zero-order valence-electron chi connectivity index (χ0n) is 13.3. The van der Waals surface area contributed by atoms with Crippen molar-refractivity contribution >= 4 is 0 Å². The van der Waals surface area contributed by atoms with Crippen molar-refractivity contribution in [1.82, 2.24) is 0 Å². The highest BCUT2D eigenvalue weighted by Gasteiger charge is 2.72. The molecule has 0 spiro atoms. The van der Waals surface area contributed by atoms with Crippen molar-refractivity contribution in [2.75, 3.05) is 0 Å². The lowest BCUT2D eigenvalue weighted by atomic mass is 9.65. The molecule has 3 saturated carbocycles. The van der Waals surface area contributed by atoms with E-state index in [-0.39, 0.29) is 0 Å². The van der Waals surface area contributed by atoms with Crippen molar-refractivity contribution in [3.63, 3.8) is 0 Å². The largest absolute Gasteiger partial charge is 0.129 e. The van der Waals surface area contributed by atoms with Gasteiger partial charge in [0.2, 0.25) is 0 Å². The van der Waals surface area contributed by atoms with Gasteiger partial charge in [0.15, 0.2) is 0 Å². The first kappa shape index (κ1) is 12.3. The van der Waals surface area contributed by atoms with Crippen LogP contribution in [-0.2, 0) is 0 Å². The lowest BCUT2D eigenvalue weighted by Crippen LogP contribution is -2.33. The number of hydrogen-bond acceptors (Lipinski definition) is 0. The van der Waals surface area contributed by atoms with Gasteiger partial charge in [0.1, 0.15) is 0 Å². The van der Waals surface area contributed by atoms with Gasteiger partial charge in [-0.25, -0.2) is 0 Å². The normalized spacial score (nSPS) is 58.6. The van der Waals surface area contributed by atoms with Gasteiger partial charge < -0.3 is 0 Å². The highest BCUT2D eigenvalue weighted by molar-refractivity contribution is 5.27. The van der Waals surface area contributed by atoms with Crippen molar-refractivity contribution in [1.29, 1.82) is 0 Å². The Morgan fingerprint density at radius 3 is 1.58 bits per heavy atom. The Balaban J connectivity index is 1.88. The van der Waals surface area contributed by atoms with Gasteiger partial charge in [-0.1, -0.05) is 41.5 Å². The van der Waals surface area contributed by atoms with Crippen LogP contribution in [0.3, 0.4) is 0 Å². The molecular weight excluding hydrogens is 228 g/mol. The molecule has 0 saturated heterocycles. The fraction of sp³-hybridized carbons (Fsp3) is 0.842. The Kier molecular flexibility index (Phi) is 2.08. The number of rotatable bonds is 0. The average Bonchev–Trinajstić information content (AvgIpc) is 2.64. The number of hydrogen-bond donors (Lipinski definition) is 0. The maximum atomic E-state index is 3.51. The molecule has 0 N–H and O–H groups in total. The van der Waals surface area contributed by atoms with E-state index >= 15 is 0 Å². The van der Waals surface area contributed by atoms with E-state index < -0.39 is 0 Å². The van der Waals surface area contributed by atoms with Crippen LogP contribution in [0.15, 0.2) is 17.9 Å². The van der Waals surface area contributed by atoms with Crippen molar-refractivity contribution in [3.8, 4) is 0 Å². The quantitative estimate of drug-likeness (QED) is 0.432. The third-order valence-electron chi connectivity index (χ3n) is 8.05. The van der Waals surface area contributed by atoms with E-state index in [9.17, 15) is 0 Å². The minimum atomic E-state index is 0.470. The molecule has 3 fully saturated rings. The van der Waals surface area contributed by atoms with E-state index in [4.69, 9.17) is 0 Å². The Bertz CT molecular complexity index is 450. The lowest BCUT2D eigenvalue weighted by Gasteiger charge is -2.39. The first-order chi connectivity index (χ1) is 8.79. The van der Waals surface area contributed by atoms with Gasteiger partial charge >= 0.3 is 0 Å². The van der Waals surface area contributed by atoms with Crippen LogP contribution in [0.1, 0.15) is 41.5 Å². The maximum Gasteiger partial charge on any atom is -0.00660 e.